The van der Waals surface area contributed by atoms with Crippen molar-refractivity contribution in [3.8, 4) is 0 Å². The molecule has 0 aliphatic heterocycles. The quantitative estimate of drug-likeness (QED) is 0.724. The largest absolute Gasteiger partial charge is 0.463 e. The molecule has 1 heterocycles. The fourth-order valence-corrected chi connectivity index (χ4v) is 1.56. The second kappa shape index (κ2) is 5.73. The van der Waals surface area contributed by atoms with Gasteiger partial charge in [0.05, 0.1) is 13.1 Å². The van der Waals surface area contributed by atoms with Crippen molar-refractivity contribution in [1.82, 2.24) is 10.2 Å². The van der Waals surface area contributed by atoms with Gasteiger partial charge in [-0.25, -0.2) is 0 Å². The lowest BCUT2D eigenvalue weighted by molar-refractivity contribution is 0.315. The number of hydrogen-bond donors (Lipinski definition) is 1. The lowest BCUT2D eigenvalue weighted by Gasteiger charge is -2.11. The molecule has 3 nitrogen and oxygen atoms in total. The van der Waals surface area contributed by atoms with Gasteiger partial charge in [0, 0.05) is 6.54 Å². The van der Waals surface area contributed by atoms with Crippen LogP contribution >= 0.6 is 0 Å². The fraction of sp³-hybridized carbons (Fsp3) is 0.500. The van der Waals surface area contributed by atoms with Gasteiger partial charge in [0.1, 0.15) is 11.5 Å². The third-order valence-corrected chi connectivity index (χ3v) is 2.28. The summed E-state index contributed by atoms with van der Waals surface area (Å²) in [6, 6.07) is 2.10. The van der Waals surface area contributed by atoms with E-state index in [1.807, 2.05) is 13.1 Å². The third-order valence-electron chi connectivity index (χ3n) is 2.28. The first-order chi connectivity index (χ1) is 7.17. The highest BCUT2D eigenvalue weighted by Crippen LogP contribution is 2.15. The first-order valence-corrected chi connectivity index (χ1v) is 5.19. The summed E-state index contributed by atoms with van der Waals surface area (Å²) in [5.41, 5.74) is 1.21. The Morgan fingerprint density at radius 1 is 1.60 bits per heavy atom. The van der Waals surface area contributed by atoms with Crippen molar-refractivity contribution in [2.75, 3.05) is 20.6 Å². The van der Waals surface area contributed by atoms with E-state index in [-0.39, 0.29) is 0 Å². The summed E-state index contributed by atoms with van der Waals surface area (Å²) in [5, 5.41) is 3.09. The van der Waals surface area contributed by atoms with Crippen LogP contribution in [0.1, 0.15) is 17.1 Å². The Hall–Kier alpha value is -1.06. The summed E-state index contributed by atoms with van der Waals surface area (Å²) in [6.07, 6.45) is 1.89. The van der Waals surface area contributed by atoms with E-state index >= 15 is 0 Å². The van der Waals surface area contributed by atoms with E-state index < -0.39 is 0 Å². The predicted molar refractivity (Wildman–Crippen MR) is 62.7 cm³/mol. The molecule has 1 rings (SSSR count). The zero-order valence-electron chi connectivity index (χ0n) is 9.84. The molecule has 15 heavy (non-hydrogen) atoms. The highest BCUT2D eigenvalue weighted by atomic mass is 16.3. The molecular weight excluding hydrogens is 188 g/mol. The second-order valence-corrected chi connectivity index (χ2v) is 3.83. The maximum atomic E-state index is 5.73. The van der Waals surface area contributed by atoms with E-state index in [4.69, 9.17) is 4.42 Å². The van der Waals surface area contributed by atoms with Crippen LogP contribution in [0.15, 0.2) is 23.1 Å². The molecule has 0 fully saturated rings. The fourth-order valence-electron chi connectivity index (χ4n) is 1.56. The summed E-state index contributed by atoms with van der Waals surface area (Å²) in [6.45, 7) is 8.28. The van der Waals surface area contributed by atoms with Crippen LogP contribution in [0.4, 0.5) is 0 Å². The summed E-state index contributed by atoms with van der Waals surface area (Å²) in [7, 11) is 3.97. The molecule has 0 amide bonds. The van der Waals surface area contributed by atoms with Gasteiger partial charge < -0.3 is 9.73 Å². The van der Waals surface area contributed by atoms with Crippen LogP contribution in [0, 0.1) is 6.92 Å². The van der Waals surface area contributed by atoms with Crippen molar-refractivity contribution in [3.05, 3.63) is 35.8 Å². The lowest BCUT2D eigenvalue weighted by atomic mass is 10.2. The van der Waals surface area contributed by atoms with E-state index in [9.17, 15) is 0 Å². The second-order valence-electron chi connectivity index (χ2n) is 3.83. The molecule has 0 spiro atoms. The number of furan rings is 1. The summed E-state index contributed by atoms with van der Waals surface area (Å²) in [4.78, 5) is 2.16. The van der Waals surface area contributed by atoms with Crippen molar-refractivity contribution in [3.63, 3.8) is 0 Å². The van der Waals surface area contributed by atoms with Crippen LogP contribution < -0.4 is 5.32 Å². The van der Waals surface area contributed by atoms with Gasteiger partial charge in [0.2, 0.25) is 0 Å². The highest BCUT2D eigenvalue weighted by Gasteiger charge is 2.08. The van der Waals surface area contributed by atoms with Crippen molar-refractivity contribution < 1.29 is 4.42 Å². The van der Waals surface area contributed by atoms with Gasteiger partial charge in [-0.15, -0.1) is 6.58 Å². The molecule has 0 aliphatic carbocycles. The molecule has 0 aliphatic rings. The number of likely N-dealkylation sites (N-methyl/N-ethyl adjacent to an activating group) is 1. The van der Waals surface area contributed by atoms with Gasteiger partial charge >= 0.3 is 0 Å². The van der Waals surface area contributed by atoms with Crippen LogP contribution in [0.5, 0.6) is 0 Å². The van der Waals surface area contributed by atoms with Crippen LogP contribution in [0.3, 0.4) is 0 Å². The van der Waals surface area contributed by atoms with E-state index in [0.29, 0.717) is 0 Å². The van der Waals surface area contributed by atoms with Crippen LogP contribution in [-0.2, 0) is 13.1 Å². The van der Waals surface area contributed by atoms with Crippen molar-refractivity contribution in [2.24, 2.45) is 0 Å². The van der Waals surface area contributed by atoms with E-state index in [1.54, 1.807) is 0 Å². The first kappa shape index (κ1) is 12.0. The maximum absolute atomic E-state index is 5.73. The average Bonchev–Trinajstić information content (AvgIpc) is 2.48. The maximum Gasteiger partial charge on any atom is 0.120 e. The number of nitrogens with one attached hydrogen (secondary N) is 1. The Morgan fingerprint density at radius 2 is 2.33 bits per heavy atom. The van der Waals surface area contributed by atoms with E-state index in [0.717, 1.165) is 31.2 Å². The lowest BCUT2D eigenvalue weighted by Crippen LogP contribution is -2.16. The Morgan fingerprint density at radius 3 is 2.93 bits per heavy atom. The molecule has 0 atom stereocenters. The van der Waals surface area contributed by atoms with Gasteiger partial charge in [0.25, 0.3) is 0 Å². The molecule has 0 radical (unpaired) electrons. The molecule has 3 heteroatoms. The third kappa shape index (κ3) is 3.53. The molecule has 0 aromatic carbocycles. The van der Waals surface area contributed by atoms with Gasteiger partial charge in [-0.1, -0.05) is 6.08 Å². The smallest absolute Gasteiger partial charge is 0.120 e. The molecule has 0 saturated heterocycles. The average molecular weight is 208 g/mol. The molecule has 0 bridgehead atoms. The Kier molecular flexibility index (Phi) is 4.59. The minimum Gasteiger partial charge on any atom is -0.463 e. The Balaban J connectivity index is 2.61. The molecule has 84 valence electrons. The van der Waals surface area contributed by atoms with Crippen LogP contribution in [0.2, 0.25) is 0 Å². The molecule has 1 N–H and O–H groups in total. The zero-order valence-corrected chi connectivity index (χ0v) is 9.84. The normalized spacial score (nSPS) is 10.9. The van der Waals surface area contributed by atoms with Crippen molar-refractivity contribution in [1.29, 1.82) is 0 Å². The van der Waals surface area contributed by atoms with E-state index in [1.165, 1.54) is 5.56 Å². The highest BCUT2D eigenvalue weighted by molar-refractivity contribution is 5.19. The Labute approximate surface area is 91.8 Å². The Bertz CT molecular complexity index is 317. The molecule has 1 aromatic heterocycles. The van der Waals surface area contributed by atoms with Crippen LogP contribution in [-0.4, -0.2) is 25.5 Å². The molecule has 0 saturated carbocycles. The van der Waals surface area contributed by atoms with Crippen molar-refractivity contribution >= 4 is 0 Å². The minimum absolute atomic E-state index is 0.789. The molecule has 1 aromatic rings. The van der Waals surface area contributed by atoms with Crippen molar-refractivity contribution in [2.45, 2.75) is 20.0 Å². The SMILES string of the molecule is C=CCN(C)Cc1cc(C)c(CNC)o1. The minimum atomic E-state index is 0.789. The van der Waals surface area contributed by atoms with Gasteiger partial charge in [-0.2, -0.15) is 0 Å². The number of rotatable bonds is 6. The standard InChI is InChI=1S/C12H20N2O/c1-5-6-14(4)9-11-7-10(2)12(15-11)8-13-3/h5,7,13H,1,6,8-9H2,2-4H3. The summed E-state index contributed by atoms with van der Waals surface area (Å²) >= 11 is 0. The number of hydrogen-bond acceptors (Lipinski definition) is 3. The molecular formula is C12H20N2O. The summed E-state index contributed by atoms with van der Waals surface area (Å²) < 4.78 is 5.73. The van der Waals surface area contributed by atoms with E-state index in [2.05, 4.69) is 36.8 Å². The van der Waals surface area contributed by atoms with Gasteiger partial charge in [-0.3, -0.25) is 4.90 Å². The van der Waals surface area contributed by atoms with Crippen LogP contribution in [0.25, 0.3) is 0 Å². The summed E-state index contributed by atoms with van der Waals surface area (Å²) in [5.74, 6) is 2.04. The molecule has 0 unspecified atom stereocenters. The predicted octanol–water partition coefficient (Wildman–Crippen LogP) is 1.93. The number of nitrogens with zero attached hydrogens (tertiary/aromatic N) is 1. The van der Waals surface area contributed by atoms with Gasteiger partial charge in [-0.05, 0) is 32.6 Å². The monoisotopic (exact) mass is 208 g/mol. The number of aryl methyl sites for hydroxylation is 1. The topological polar surface area (TPSA) is 28.4 Å². The zero-order chi connectivity index (χ0) is 11.3. The van der Waals surface area contributed by atoms with Gasteiger partial charge in [0.15, 0.2) is 0 Å². The first-order valence-electron chi connectivity index (χ1n) is 5.19.